The van der Waals surface area contributed by atoms with Crippen LogP contribution in [0.2, 0.25) is 0 Å². The molecule has 0 saturated carbocycles. The van der Waals surface area contributed by atoms with E-state index in [-0.39, 0.29) is 0 Å². The standard InChI is InChI=1S/C13H10N2O/c14-9-5-3-7-11-12(9)13(15)8-4-1-2-6-10(8)16-11/h1-7,15H,14H2. The molecule has 0 fully saturated rings. The fourth-order valence-corrected chi connectivity index (χ4v) is 1.92. The Balaban J connectivity index is 2.67. The van der Waals surface area contributed by atoms with Gasteiger partial charge < -0.3 is 10.2 Å². The van der Waals surface area contributed by atoms with Crippen molar-refractivity contribution in [2.45, 2.75) is 0 Å². The van der Waals surface area contributed by atoms with Gasteiger partial charge in [-0.2, -0.15) is 0 Å². The summed E-state index contributed by atoms with van der Waals surface area (Å²) in [5.41, 5.74) is 7.82. The van der Waals surface area contributed by atoms with E-state index in [2.05, 4.69) is 0 Å². The van der Waals surface area contributed by atoms with Crippen LogP contribution >= 0.6 is 0 Å². The van der Waals surface area contributed by atoms with Gasteiger partial charge in [-0.3, -0.25) is 5.41 Å². The molecule has 1 heterocycles. The van der Waals surface area contributed by atoms with Gasteiger partial charge in [-0.15, -0.1) is 0 Å². The van der Waals surface area contributed by atoms with Crippen molar-refractivity contribution < 1.29 is 4.42 Å². The zero-order valence-corrected chi connectivity index (χ0v) is 8.53. The molecule has 3 nitrogen and oxygen atoms in total. The molecule has 3 rings (SSSR count). The summed E-state index contributed by atoms with van der Waals surface area (Å²) in [6, 6.07) is 12.9. The van der Waals surface area contributed by atoms with Gasteiger partial charge in [0.2, 0.25) is 0 Å². The maximum absolute atomic E-state index is 8.13. The summed E-state index contributed by atoms with van der Waals surface area (Å²) in [7, 11) is 0. The highest BCUT2D eigenvalue weighted by molar-refractivity contribution is 5.95. The second kappa shape index (κ2) is 3.10. The third-order valence-corrected chi connectivity index (χ3v) is 2.68. The van der Waals surface area contributed by atoms with E-state index in [0.29, 0.717) is 27.6 Å². The van der Waals surface area contributed by atoms with Crippen molar-refractivity contribution in [1.82, 2.24) is 0 Å². The van der Waals surface area contributed by atoms with Gasteiger partial charge in [-0.05, 0) is 24.3 Å². The number of hydrogen-bond donors (Lipinski definition) is 2. The number of nitrogens with two attached hydrogens (primary N) is 1. The Labute approximate surface area is 91.6 Å². The van der Waals surface area contributed by atoms with E-state index in [9.17, 15) is 0 Å². The molecular weight excluding hydrogens is 200 g/mol. The van der Waals surface area contributed by atoms with Crippen LogP contribution < -0.4 is 11.1 Å². The topological polar surface area (TPSA) is 63.0 Å². The van der Waals surface area contributed by atoms with Crippen molar-refractivity contribution in [2.24, 2.45) is 0 Å². The van der Waals surface area contributed by atoms with Gasteiger partial charge in [0, 0.05) is 11.1 Å². The lowest BCUT2D eigenvalue weighted by Crippen LogP contribution is -2.05. The molecule has 0 saturated heterocycles. The molecule has 0 aliphatic heterocycles. The maximum atomic E-state index is 8.13. The number of para-hydroxylation sites is 1. The van der Waals surface area contributed by atoms with E-state index in [1.54, 1.807) is 6.07 Å². The predicted molar refractivity (Wildman–Crippen MR) is 64.0 cm³/mol. The summed E-state index contributed by atoms with van der Waals surface area (Å²) in [6.07, 6.45) is 0. The summed E-state index contributed by atoms with van der Waals surface area (Å²) in [6.45, 7) is 0. The Morgan fingerprint density at radius 1 is 0.938 bits per heavy atom. The average Bonchev–Trinajstić information content (AvgIpc) is 2.29. The highest BCUT2D eigenvalue weighted by atomic mass is 16.3. The van der Waals surface area contributed by atoms with Crippen LogP contribution in [0.1, 0.15) is 0 Å². The Hall–Kier alpha value is -2.29. The molecule has 0 bridgehead atoms. The largest absolute Gasteiger partial charge is 0.456 e. The van der Waals surface area contributed by atoms with Crippen LogP contribution in [0.4, 0.5) is 5.69 Å². The quantitative estimate of drug-likeness (QED) is 0.442. The Morgan fingerprint density at radius 2 is 1.69 bits per heavy atom. The van der Waals surface area contributed by atoms with Crippen LogP contribution in [0.5, 0.6) is 0 Å². The zero-order chi connectivity index (χ0) is 11.1. The van der Waals surface area contributed by atoms with Gasteiger partial charge in [0.15, 0.2) is 0 Å². The van der Waals surface area contributed by atoms with E-state index in [0.717, 1.165) is 5.39 Å². The fraction of sp³-hybridized carbons (Fsp3) is 0. The number of nitrogen functional groups attached to an aromatic ring is 1. The van der Waals surface area contributed by atoms with E-state index >= 15 is 0 Å². The number of nitrogens with one attached hydrogen (secondary N) is 1. The van der Waals surface area contributed by atoms with E-state index in [1.807, 2.05) is 36.4 Å². The summed E-state index contributed by atoms with van der Waals surface area (Å²) < 4.78 is 5.71. The average molecular weight is 210 g/mol. The van der Waals surface area contributed by atoms with Gasteiger partial charge >= 0.3 is 0 Å². The smallest absolute Gasteiger partial charge is 0.138 e. The third-order valence-electron chi connectivity index (χ3n) is 2.68. The maximum Gasteiger partial charge on any atom is 0.138 e. The van der Waals surface area contributed by atoms with E-state index < -0.39 is 0 Å². The SMILES string of the molecule is N=c1c2ccccc2oc2cccc(N)c12. The molecule has 0 unspecified atom stereocenters. The monoisotopic (exact) mass is 210 g/mol. The van der Waals surface area contributed by atoms with Crippen LogP contribution in [0.3, 0.4) is 0 Å². The molecule has 78 valence electrons. The normalized spacial score (nSPS) is 11.0. The molecule has 0 atom stereocenters. The number of hydrogen-bond acceptors (Lipinski definition) is 3. The minimum Gasteiger partial charge on any atom is -0.456 e. The molecule has 0 spiro atoms. The Kier molecular flexibility index (Phi) is 1.74. The first kappa shape index (κ1) is 8.97. The molecule has 3 N–H and O–H groups in total. The fourth-order valence-electron chi connectivity index (χ4n) is 1.92. The molecule has 1 aromatic heterocycles. The van der Waals surface area contributed by atoms with Gasteiger partial charge in [0.1, 0.15) is 11.2 Å². The molecule has 0 aliphatic carbocycles. The highest BCUT2D eigenvalue weighted by Crippen LogP contribution is 2.21. The second-order valence-electron chi connectivity index (χ2n) is 3.69. The lowest BCUT2D eigenvalue weighted by molar-refractivity contribution is 0.659. The van der Waals surface area contributed by atoms with Crippen LogP contribution in [0.25, 0.3) is 21.9 Å². The first-order valence-electron chi connectivity index (χ1n) is 5.02. The van der Waals surface area contributed by atoms with Gasteiger partial charge in [-0.25, -0.2) is 0 Å². The molecule has 0 amide bonds. The number of anilines is 1. The molecule has 0 aliphatic rings. The molecule has 3 aromatic rings. The lowest BCUT2D eigenvalue weighted by Gasteiger charge is -2.04. The molecule has 3 heteroatoms. The van der Waals surface area contributed by atoms with Gasteiger partial charge in [-0.1, -0.05) is 18.2 Å². The van der Waals surface area contributed by atoms with Gasteiger partial charge in [0.05, 0.1) is 10.7 Å². The minimum absolute atomic E-state index is 0.426. The number of fused-ring (bicyclic) bond motifs is 2. The minimum atomic E-state index is 0.426. The predicted octanol–water partition coefficient (Wildman–Crippen LogP) is 2.65. The first-order chi connectivity index (χ1) is 7.77. The zero-order valence-electron chi connectivity index (χ0n) is 8.53. The van der Waals surface area contributed by atoms with Crippen LogP contribution in [-0.2, 0) is 0 Å². The molecular formula is C13H10N2O. The van der Waals surface area contributed by atoms with E-state index in [1.165, 1.54) is 0 Å². The molecule has 2 aromatic carbocycles. The number of benzene rings is 2. The molecule has 0 radical (unpaired) electrons. The summed E-state index contributed by atoms with van der Waals surface area (Å²) in [5, 5.41) is 10.0. The van der Waals surface area contributed by atoms with Crippen LogP contribution in [0.15, 0.2) is 46.9 Å². The summed E-state index contributed by atoms with van der Waals surface area (Å²) in [5.74, 6) is 0. The van der Waals surface area contributed by atoms with Crippen molar-refractivity contribution >= 4 is 27.6 Å². The first-order valence-corrected chi connectivity index (χ1v) is 5.02. The number of rotatable bonds is 0. The second-order valence-corrected chi connectivity index (χ2v) is 3.69. The van der Waals surface area contributed by atoms with Crippen molar-refractivity contribution in [2.75, 3.05) is 5.73 Å². The Morgan fingerprint density at radius 3 is 2.56 bits per heavy atom. The third kappa shape index (κ3) is 1.11. The van der Waals surface area contributed by atoms with Crippen molar-refractivity contribution in [3.05, 3.63) is 47.8 Å². The van der Waals surface area contributed by atoms with E-state index in [4.69, 9.17) is 15.6 Å². The van der Waals surface area contributed by atoms with Crippen molar-refractivity contribution in [1.29, 1.82) is 5.41 Å². The summed E-state index contributed by atoms with van der Waals surface area (Å²) >= 11 is 0. The van der Waals surface area contributed by atoms with Gasteiger partial charge in [0.25, 0.3) is 0 Å². The summed E-state index contributed by atoms with van der Waals surface area (Å²) in [4.78, 5) is 0. The Bertz CT molecular complexity index is 744. The van der Waals surface area contributed by atoms with Crippen LogP contribution in [-0.4, -0.2) is 0 Å². The lowest BCUT2D eigenvalue weighted by atomic mass is 10.1. The van der Waals surface area contributed by atoms with Crippen molar-refractivity contribution in [3.8, 4) is 0 Å². The van der Waals surface area contributed by atoms with Crippen molar-refractivity contribution in [3.63, 3.8) is 0 Å². The van der Waals surface area contributed by atoms with Crippen LogP contribution in [0, 0.1) is 5.41 Å². The molecule has 16 heavy (non-hydrogen) atoms. The highest BCUT2D eigenvalue weighted by Gasteiger charge is 2.06.